The molecule has 0 bridgehead atoms. The van der Waals surface area contributed by atoms with Gasteiger partial charge in [-0.15, -0.1) is 0 Å². The Bertz CT molecular complexity index is 671. The standard InChI is InChI=1S/C16H17BrN2O2/c1-3-21-16(20)11-5-4-6-14(15(11)18)19-13-8-7-10(2)9-12(13)17/h4-9,19H,3,18H2,1-2H3. The summed E-state index contributed by atoms with van der Waals surface area (Å²) >= 11 is 3.51. The van der Waals surface area contributed by atoms with Gasteiger partial charge in [-0.05, 0) is 59.6 Å². The molecule has 0 aliphatic rings. The Kier molecular flexibility index (Phi) is 4.85. The van der Waals surface area contributed by atoms with Gasteiger partial charge in [-0.2, -0.15) is 0 Å². The van der Waals surface area contributed by atoms with Crippen molar-refractivity contribution >= 4 is 39.0 Å². The molecule has 2 aromatic rings. The fourth-order valence-electron chi connectivity index (χ4n) is 1.93. The zero-order valence-corrected chi connectivity index (χ0v) is 13.5. The summed E-state index contributed by atoms with van der Waals surface area (Å²) in [7, 11) is 0. The molecule has 2 rings (SSSR count). The van der Waals surface area contributed by atoms with Crippen LogP contribution in [0, 0.1) is 6.92 Å². The lowest BCUT2D eigenvalue weighted by atomic mass is 10.1. The molecule has 3 N–H and O–H groups in total. The lowest BCUT2D eigenvalue weighted by Gasteiger charge is -2.14. The lowest BCUT2D eigenvalue weighted by Crippen LogP contribution is -2.09. The molecule has 0 aliphatic carbocycles. The number of benzene rings is 2. The van der Waals surface area contributed by atoms with Gasteiger partial charge in [0.15, 0.2) is 0 Å². The van der Waals surface area contributed by atoms with Gasteiger partial charge in [0, 0.05) is 4.47 Å². The van der Waals surface area contributed by atoms with E-state index in [0.29, 0.717) is 23.5 Å². The minimum atomic E-state index is -0.415. The fourth-order valence-corrected chi connectivity index (χ4v) is 2.52. The first kappa shape index (κ1) is 15.4. The van der Waals surface area contributed by atoms with E-state index in [1.54, 1.807) is 19.1 Å². The molecule has 0 saturated heterocycles. The topological polar surface area (TPSA) is 64.3 Å². The number of ether oxygens (including phenoxy) is 1. The summed E-state index contributed by atoms with van der Waals surface area (Å²) in [6, 6.07) is 11.2. The van der Waals surface area contributed by atoms with Crippen LogP contribution in [0.1, 0.15) is 22.8 Å². The molecule has 0 radical (unpaired) electrons. The largest absolute Gasteiger partial charge is 0.462 e. The van der Waals surface area contributed by atoms with Gasteiger partial charge in [0.25, 0.3) is 0 Å². The van der Waals surface area contributed by atoms with Crippen LogP contribution in [0.15, 0.2) is 40.9 Å². The van der Waals surface area contributed by atoms with Gasteiger partial charge in [0.2, 0.25) is 0 Å². The van der Waals surface area contributed by atoms with Crippen LogP contribution in [-0.2, 0) is 4.74 Å². The molecule has 0 fully saturated rings. The molecular weight excluding hydrogens is 332 g/mol. The highest BCUT2D eigenvalue weighted by Gasteiger charge is 2.14. The number of esters is 1. The third kappa shape index (κ3) is 3.55. The van der Waals surface area contributed by atoms with E-state index in [-0.39, 0.29) is 0 Å². The van der Waals surface area contributed by atoms with Crippen molar-refractivity contribution in [2.75, 3.05) is 17.7 Å². The number of hydrogen-bond donors (Lipinski definition) is 2. The molecule has 5 heteroatoms. The number of nitrogens with one attached hydrogen (secondary N) is 1. The second kappa shape index (κ2) is 6.63. The van der Waals surface area contributed by atoms with E-state index in [4.69, 9.17) is 10.5 Å². The predicted molar refractivity (Wildman–Crippen MR) is 89.0 cm³/mol. The lowest BCUT2D eigenvalue weighted by molar-refractivity contribution is 0.0527. The highest BCUT2D eigenvalue weighted by atomic mass is 79.9. The number of nitrogens with two attached hydrogens (primary N) is 1. The van der Waals surface area contributed by atoms with E-state index < -0.39 is 5.97 Å². The number of para-hydroxylation sites is 1. The van der Waals surface area contributed by atoms with E-state index in [2.05, 4.69) is 21.2 Å². The quantitative estimate of drug-likeness (QED) is 0.639. The zero-order chi connectivity index (χ0) is 15.4. The summed E-state index contributed by atoms with van der Waals surface area (Å²) in [4.78, 5) is 11.8. The number of carbonyl (C=O) groups is 1. The number of anilines is 3. The third-order valence-corrected chi connectivity index (χ3v) is 3.65. The Labute approximate surface area is 132 Å². The second-order valence-corrected chi connectivity index (χ2v) is 5.45. The highest BCUT2D eigenvalue weighted by molar-refractivity contribution is 9.10. The Morgan fingerprint density at radius 3 is 2.71 bits per heavy atom. The molecule has 110 valence electrons. The normalized spacial score (nSPS) is 10.2. The van der Waals surface area contributed by atoms with Crippen molar-refractivity contribution in [3.8, 4) is 0 Å². The van der Waals surface area contributed by atoms with Gasteiger partial charge >= 0.3 is 5.97 Å². The van der Waals surface area contributed by atoms with Crippen LogP contribution >= 0.6 is 15.9 Å². The van der Waals surface area contributed by atoms with Crippen molar-refractivity contribution in [2.24, 2.45) is 0 Å². The van der Waals surface area contributed by atoms with Crippen molar-refractivity contribution in [3.63, 3.8) is 0 Å². The first-order chi connectivity index (χ1) is 10.0. The molecule has 21 heavy (non-hydrogen) atoms. The number of rotatable bonds is 4. The monoisotopic (exact) mass is 348 g/mol. The van der Waals surface area contributed by atoms with Crippen molar-refractivity contribution in [2.45, 2.75) is 13.8 Å². The SMILES string of the molecule is CCOC(=O)c1cccc(Nc2ccc(C)cc2Br)c1N. The van der Waals surface area contributed by atoms with Gasteiger partial charge in [0.05, 0.1) is 29.2 Å². The van der Waals surface area contributed by atoms with Crippen LogP contribution in [0.3, 0.4) is 0 Å². The molecule has 0 atom stereocenters. The molecule has 0 spiro atoms. The van der Waals surface area contributed by atoms with Gasteiger partial charge in [0.1, 0.15) is 0 Å². The van der Waals surface area contributed by atoms with Crippen LogP contribution in [0.5, 0.6) is 0 Å². The minimum absolute atomic E-state index is 0.319. The molecule has 0 saturated carbocycles. The Morgan fingerprint density at radius 2 is 2.05 bits per heavy atom. The summed E-state index contributed by atoms with van der Waals surface area (Å²) in [5.74, 6) is -0.415. The maximum atomic E-state index is 11.8. The van der Waals surface area contributed by atoms with Crippen molar-refractivity contribution in [1.29, 1.82) is 0 Å². The zero-order valence-electron chi connectivity index (χ0n) is 11.9. The molecule has 0 aliphatic heterocycles. The van der Waals surface area contributed by atoms with Gasteiger partial charge in [-0.25, -0.2) is 4.79 Å². The molecular formula is C16H17BrN2O2. The van der Waals surface area contributed by atoms with E-state index in [1.165, 1.54) is 0 Å². The van der Waals surface area contributed by atoms with Crippen LogP contribution in [-0.4, -0.2) is 12.6 Å². The number of hydrogen-bond acceptors (Lipinski definition) is 4. The summed E-state index contributed by atoms with van der Waals surface area (Å²) < 4.78 is 5.93. The highest BCUT2D eigenvalue weighted by Crippen LogP contribution is 2.31. The van der Waals surface area contributed by atoms with Crippen LogP contribution in [0.2, 0.25) is 0 Å². The maximum Gasteiger partial charge on any atom is 0.340 e. The molecule has 0 heterocycles. The first-order valence-electron chi connectivity index (χ1n) is 6.61. The molecule has 0 unspecified atom stereocenters. The van der Waals surface area contributed by atoms with Crippen LogP contribution in [0.25, 0.3) is 0 Å². The third-order valence-electron chi connectivity index (χ3n) is 3.00. The van der Waals surface area contributed by atoms with E-state index in [0.717, 1.165) is 15.7 Å². The second-order valence-electron chi connectivity index (χ2n) is 4.60. The predicted octanol–water partition coefficient (Wildman–Crippen LogP) is 4.26. The summed E-state index contributed by atoms with van der Waals surface area (Å²) in [5, 5.41) is 3.23. The number of nitrogen functional groups attached to an aromatic ring is 1. The van der Waals surface area contributed by atoms with Crippen molar-refractivity contribution in [1.82, 2.24) is 0 Å². The fraction of sp³-hybridized carbons (Fsp3) is 0.188. The van der Waals surface area contributed by atoms with E-state index in [1.807, 2.05) is 31.2 Å². The van der Waals surface area contributed by atoms with Gasteiger partial charge < -0.3 is 15.8 Å². The maximum absolute atomic E-state index is 11.8. The van der Waals surface area contributed by atoms with E-state index >= 15 is 0 Å². The minimum Gasteiger partial charge on any atom is -0.462 e. The summed E-state index contributed by atoms with van der Waals surface area (Å²) in [6.45, 7) is 4.10. The van der Waals surface area contributed by atoms with E-state index in [9.17, 15) is 4.79 Å². The average molecular weight is 349 g/mol. The number of halogens is 1. The number of aryl methyl sites for hydroxylation is 1. The van der Waals surface area contributed by atoms with Gasteiger partial charge in [-0.3, -0.25) is 0 Å². The Balaban J connectivity index is 2.32. The van der Waals surface area contributed by atoms with Crippen LogP contribution in [0.4, 0.5) is 17.1 Å². The summed E-state index contributed by atoms with van der Waals surface area (Å²) in [6.07, 6.45) is 0. The molecule has 2 aromatic carbocycles. The molecule has 0 amide bonds. The van der Waals surface area contributed by atoms with Crippen LogP contribution < -0.4 is 11.1 Å². The van der Waals surface area contributed by atoms with Crippen molar-refractivity contribution in [3.05, 3.63) is 52.0 Å². The smallest absolute Gasteiger partial charge is 0.340 e. The molecule has 4 nitrogen and oxygen atoms in total. The average Bonchev–Trinajstić information content (AvgIpc) is 2.44. The summed E-state index contributed by atoms with van der Waals surface area (Å²) in [5.41, 5.74) is 9.52. The van der Waals surface area contributed by atoms with Gasteiger partial charge in [-0.1, -0.05) is 12.1 Å². The first-order valence-corrected chi connectivity index (χ1v) is 7.41. The number of carbonyl (C=O) groups excluding carboxylic acids is 1. The Morgan fingerprint density at radius 1 is 1.29 bits per heavy atom. The van der Waals surface area contributed by atoms with Crippen molar-refractivity contribution < 1.29 is 9.53 Å². The Hall–Kier alpha value is -2.01. The molecule has 0 aromatic heterocycles.